The molecule has 1 fully saturated rings. The van der Waals surface area contributed by atoms with E-state index < -0.39 is 27.6 Å². The normalized spacial score (nSPS) is 18.7. The first-order chi connectivity index (χ1) is 9.86. The standard InChI is InChI=1S/C14H17NO5S/c1-2-21(19,20)12-6-4-3-5-11(12)13(16)15-8-7-10(9-15)14(17)18/h3-6,10H,2,7-9H2,1H3,(H,17,18)/t10-/m1/s1. The van der Waals surface area contributed by atoms with Crippen molar-refractivity contribution in [2.24, 2.45) is 5.92 Å². The quantitative estimate of drug-likeness (QED) is 0.896. The van der Waals surface area contributed by atoms with Gasteiger partial charge in [-0.25, -0.2) is 8.42 Å². The van der Waals surface area contributed by atoms with Crippen LogP contribution in [0.1, 0.15) is 23.7 Å². The van der Waals surface area contributed by atoms with Crippen molar-refractivity contribution in [3.05, 3.63) is 29.8 Å². The van der Waals surface area contributed by atoms with Gasteiger partial charge in [0, 0.05) is 13.1 Å². The largest absolute Gasteiger partial charge is 0.481 e. The number of aliphatic carboxylic acids is 1. The van der Waals surface area contributed by atoms with Crippen LogP contribution in [0.3, 0.4) is 0 Å². The fraction of sp³-hybridized carbons (Fsp3) is 0.429. The molecule has 0 aliphatic carbocycles. The maximum Gasteiger partial charge on any atom is 0.308 e. The average molecular weight is 311 g/mol. The number of likely N-dealkylation sites (tertiary alicyclic amines) is 1. The van der Waals surface area contributed by atoms with Crippen molar-refractivity contribution in [3.8, 4) is 0 Å². The zero-order valence-corrected chi connectivity index (χ0v) is 12.5. The Balaban J connectivity index is 2.31. The summed E-state index contributed by atoms with van der Waals surface area (Å²) in [5.74, 6) is -2.02. The topological polar surface area (TPSA) is 91.8 Å². The summed E-state index contributed by atoms with van der Waals surface area (Å²) in [5, 5.41) is 8.97. The first-order valence-corrected chi connectivity index (χ1v) is 8.36. The van der Waals surface area contributed by atoms with Crippen molar-refractivity contribution in [2.75, 3.05) is 18.8 Å². The van der Waals surface area contributed by atoms with Crippen molar-refractivity contribution in [1.82, 2.24) is 4.90 Å². The summed E-state index contributed by atoms with van der Waals surface area (Å²) in [6, 6.07) is 6.06. The number of hydrogen-bond acceptors (Lipinski definition) is 4. The molecule has 6 nitrogen and oxygen atoms in total. The molecule has 1 atom stereocenters. The van der Waals surface area contributed by atoms with Crippen LogP contribution in [0.2, 0.25) is 0 Å². The third-order valence-corrected chi connectivity index (χ3v) is 5.44. The number of sulfone groups is 1. The minimum Gasteiger partial charge on any atom is -0.481 e. The van der Waals surface area contributed by atoms with Gasteiger partial charge < -0.3 is 10.0 Å². The van der Waals surface area contributed by atoms with Gasteiger partial charge >= 0.3 is 5.97 Å². The fourth-order valence-corrected chi connectivity index (χ4v) is 3.47. The van der Waals surface area contributed by atoms with Gasteiger partial charge in [0.05, 0.1) is 22.1 Å². The predicted octanol–water partition coefficient (Wildman–Crippen LogP) is 1.03. The van der Waals surface area contributed by atoms with Gasteiger partial charge in [0.1, 0.15) is 0 Å². The van der Waals surface area contributed by atoms with Gasteiger partial charge in [-0.15, -0.1) is 0 Å². The van der Waals surface area contributed by atoms with Gasteiger partial charge in [-0.1, -0.05) is 19.1 Å². The summed E-state index contributed by atoms with van der Waals surface area (Å²) in [7, 11) is -3.50. The van der Waals surface area contributed by atoms with Crippen molar-refractivity contribution in [2.45, 2.75) is 18.2 Å². The summed E-state index contributed by atoms with van der Waals surface area (Å²) >= 11 is 0. The smallest absolute Gasteiger partial charge is 0.308 e. The minimum atomic E-state index is -3.50. The van der Waals surface area contributed by atoms with Crippen molar-refractivity contribution in [1.29, 1.82) is 0 Å². The molecule has 114 valence electrons. The number of carboxylic acid groups (broad SMARTS) is 1. The third-order valence-electron chi connectivity index (χ3n) is 3.66. The molecule has 1 amide bonds. The van der Waals surface area contributed by atoms with E-state index in [1.54, 1.807) is 12.1 Å². The highest BCUT2D eigenvalue weighted by Gasteiger charge is 2.33. The van der Waals surface area contributed by atoms with E-state index in [1.165, 1.54) is 24.0 Å². The summed E-state index contributed by atoms with van der Waals surface area (Å²) in [6.45, 7) is 1.97. The molecule has 0 aromatic heterocycles. The van der Waals surface area contributed by atoms with Crippen LogP contribution in [0.5, 0.6) is 0 Å². The Morgan fingerprint density at radius 2 is 2.00 bits per heavy atom. The molecule has 1 aliphatic heterocycles. The molecule has 0 spiro atoms. The Kier molecular flexibility index (Phi) is 4.32. The third kappa shape index (κ3) is 3.07. The highest BCUT2D eigenvalue weighted by atomic mass is 32.2. The van der Waals surface area contributed by atoms with Crippen LogP contribution in [0.25, 0.3) is 0 Å². The Bertz CT molecular complexity index is 668. The lowest BCUT2D eigenvalue weighted by molar-refractivity contribution is -0.141. The fourth-order valence-electron chi connectivity index (χ4n) is 2.39. The van der Waals surface area contributed by atoms with Gasteiger partial charge in [0.25, 0.3) is 5.91 Å². The van der Waals surface area contributed by atoms with E-state index in [2.05, 4.69) is 0 Å². The summed E-state index contributed by atoms with van der Waals surface area (Å²) in [5.41, 5.74) is 0.116. The van der Waals surface area contributed by atoms with Crippen LogP contribution < -0.4 is 0 Å². The molecule has 1 aromatic carbocycles. The average Bonchev–Trinajstić information content (AvgIpc) is 2.96. The number of carboxylic acids is 1. The first kappa shape index (κ1) is 15.5. The molecule has 1 aliphatic rings. The zero-order chi connectivity index (χ0) is 15.6. The summed E-state index contributed by atoms with van der Waals surface area (Å²) in [6.07, 6.45) is 0.393. The molecule has 0 saturated carbocycles. The first-order valence-electron chi connectivity index (χ1n) is 6.70. The molecule has 21 heavy (non-hydrogen) atoms. The molecule has 7 heteroatoms. The molecule has 1 saturated heterocycles. The number of hydrogen-bond donors (Lipinski definition) is 1. The molecule has 0 bridgehead atoms. The Morgan fingerprint density at radius 3 is 2.57 bits per heavy atom. The SMILES string of the molecule is CCS(=O)(=O)c1ccccc1C(=O)N1CC[C@@H](C(=O)O)C1. The van der Waals surface area contributed by atoms with Crippen LogP contribution >= 0.6 is 0 Å². The van der Waals surface area contributed by atoms with Gasteiger partial charge in [0.15, 0.2) is 9.84 Å². The van der Waals surface area contributed by atoms with Gasteiger partial charge in [-0.2, -0.15) is 0 Å². The molecule has 2 rings (SSSR count). The van der Waals surface area contributed by atoms with E-state index in [-0.39, 0.29) is 22.8 Å². The maximum atomic E-state index is 12.5. The Morgan fingerprint density at radius 1 is 1.33 bits per heavy atom. The number of carbonyl (C=O) groups excluding carboxylic acids is 1. The number of amides is 1. The second-order valence-corrected chi connectivity index (χ2v) is 7.22. The van der Waals surface area contributed by atoms with E-state index in [0.29, 0.717) is 13.0 Å². The van der Waals surface area contributed by atoms with Crippen molar-refractivity contribution < 1.29 is 23.1 Å². The lowest BCUT2D eigenvalue weighted by Gasteiger charge is -2.17. The van der Waals surface area contributed by atoms with Crippen LogP contribution in [-0.4, -0.2) is 49.1 Å². The van der Waals surface area contributed by atoms with Crippen molar-refractivity contribution in [3.63, 3.8) is 0 Å². The molecule has 0 unspecified atom stereocenters. The van der Waals surface area contributed by atoms with E-state index in [0.717, 1.165) is 0 Å². The van der Waals surface area contributed by atoms with Crippen LogP contribution in [-0.2, 0) is 14.6 Å². The number of benzene rings is 1. The lowest BCUT2D eigenvalue weighted by atomic mass is 10.1. The van der Waals surface area contributed by atoms with Gasteiger partial charge in [-0.05, 0) is 18.6 Å². The van der Waals surface area contributed by atoms with Crippen LogP contribution in [0.4, 0.5) is 0 Å². The molecular formula is C14H17NO5S. The Hall–Kier alpha value is -1.89. The number of carbonyl (C=O) groups is 2. The monoisotopic (exact) mass is 311 g/mol. The van der Waals surface area contributed by atoms with Gasteiger partial charge in [0.2, 0.25) is 0 Å². The van der Waals surface area contributed by atoms with E-state index >= 15 is 0 Å². The summed E-state index contributed by atoms with van der Waals surface area (Å²) < 4.78 is 24.1. The second-order valence-electron chi connectivity index (χ2n) is 4.97. The summed E-state index contributed by atoms with van der Waals surface area (Å²) in [4.78, 5) is 24.8. The van der Waals surface area contributed by atoms with Crippen molar-refractivity contribution >= 4 is 21.7 Å². The van der Waals surface area contributed by atoms with Crippen LogP contribution in [0, 0.1) is 5.92 Å². The molecule has 1 aromatic rings. The maximum absolute atomic E-state index is 12.5. The Labute approximate surface area is 123 Å². The molecule has 0 radical (unpaired) electrons. The van der Waals surface area contributed by atoms with Gasteiger partial charge in [-0.3, -0.25) is 9.59 Å². The highest BCUT2D eigenvalue weighted by molar-refractivity contribution is 7.91. The van der Waals surface area contributed by atoms with Crippen LogP contribution in [0.15, 0.2) is 29.2 Å². The van der Waals surface area contributed by atoms with E-state index in [4.69, 9.17) is 5.11 Å². The van der Waals surface area contributed by atoms with E-state index in [9.17, 15) is 18.0 Å². The lowest BCUT2D eigenvalue weighted by Crippen LogP contribution is -2.31. The molecule has 1 N–H and O–H groups in total. The number of nitrogens with zero attached hydrogens (tertiary/aromatic N) is 1. The zero-order valence-electron chi connectivity index (χ0n) is 11.7. The minimum absolute atomic E-state index is 0.0104. The molecule has 1 heterocycles. The predicted molar refractivity (Wildman–Crippen MR) is 75.8 cm³/mol. The number of rotatable bonds is 4. The highest BCUT2D eigenvalue weighted by Crippen LogP contribution is 2.23. The van der Waals surface area contributed by atoms with E-state index in [1.807, 2.05) is 0 Å². The second kappa shape index (κ2) is 5.85. The molecular weight excluding hydrogens is 294 g/mol.